The maximum absolute atomic E-state index is 12.9. The fourth-order valence-electron chi connectivity index (χ4n) is 7.42. The van der Waals surface area contributed by atoms with E-state index in [0.29, 0.717) is 13.0 Å². The van der Waals surface area contributed by atoms with E-state index in [0.717, 1.165) is 64.2 Å². The van der Waals surface area contributed by atoms with Crippen molar-refractivity contribution in [1.82, 2.24) is 0 Å². The molecule has 4 N–H and O–H groups in total. The Bertz CT molecular complexity index is 1150. The number of hydrogen-bond donors (Lipinski definition) is 4. The highest BCUT2D eigenvalue weighted by molar-refractivity contribution is 7.80. The molecule has 0 radical (unpaired) electrons. The minimum atomic E-state index is -5.06. The van der Waals surface area contributed by atoms with Crippen molar-refractivity contribution in [3.05, 3.63) is 24.3 Å². The highest BCUT2D eigenvalue weighted by Crippen LogP contribution is 2.26. The van der Waals surface area contributed by atoms with Crippen LogP contribution in [0.3, 0.4) is 0 Å². The summed E-state index contributed by atoms with van der Waals surface area (Å²) >= 11 is 0. The van der Waals surface area contributed by atoms with Crippen LogP contribution >= 0.6 is 0 Å². The van der Waals surface area contributed by atoms with Gasteiger partial charge in [0.25, 0.3) is 0 Å². The first kappa shape index (κ1) is 56.6. The summed E-state index contributed by atoms with van der Waals surface area (Å²) in [6, 6.07) is 0. The van der Waals surface area contributed by atoms with E-state index in [-0.39, 0.29) is 19.6 Å². The zero-order chi connectivity index (χ0) is 43.9. The van der Waals surface area contributed by atoms with Gasteiger partial charge in [0.1, 0.15) is 30.5 Å². The molecule has 6 unspecified atom stereocenters. The molecule has 1 heterocycles. The molecule has 354 valence electrons. The summed E-state index contributed by atoms with van der Waals surface area (Å²) in [7, 11) is -5.06. The molecule has 1 aliphatic rings. The maximum atomic E-state index is 12.9. The number of aliphatic hydroxyl groups is 3. The number of carbonyl (C=O) groups is 1. The summed E-state index contributed by atoms with van der Waals surface area (Å²) in [5.74, 6) is -0.400. The molecule has 0 saturated carbocycles. The van der Waals surface area contributed by atoms with E-state index < -0.39 is 59.8 Å². The van der Waals surface area contributed by atoms with E-state index in [4.69, 9.17) is 23.5 Å². The Hall–Kier alpha value is -1.42. The van der Waals surface area contributed by atoms with Gasteiger partial charge < -0.3 is 34.3 Å². The number of allylic oxidation sites excluding steroid dienone is 4. The van der Waals surface area contributed by atoms with Crippen LogP contribution in [0, 0.1) is 0 Å². The Kier molecular flexibility index (Phi) is 37.0. The van der Waals surface area contributed by atoms with Crippen molar-refractivity contribution >= 4 is 16.4 Å². The van der Waals surface area contributed by atoms with Gasteiger partial charge >= 0.3 is 16.4 Å². The van der Waals surface area contributed by atoms with Gasteiger partial charge in [0.15, 0.2) is 6.29 Å². The smallest absolute Gasteiger partial charge is 0.397 e. The molecule has 6 atom stereocenters. The maximum Gasteiger partial charge on any atom is 0.397 e. The minimum Gasteiger partial charge on any atom is -0.457 e. The second kappa shape index (κ2) is 39.2. The zero-order valence-corrected chi connectivity index (χ0v) is 38.6. The van der Waals surface area contributed by atoms with E-state index in [1.165, 1.54) is 116 Å². The topological polar surface area (TPSA) is 178 Å². The molecule has 1 fully saturated rings. The minimum absolute atomic E-state index is 0.0325. The van der Waals surface area contributed by atoms with Gasteiger partial charge in [0.05, 0.1) is 19.8 Å². The average Bonchev–Trinajstić information content (AvgIpc) is 3.22. The molecule has 0 amide bonds. The first-order valence-corrected chi connectivity index (χ1v) is 25.5. The summed E-state index contributed by atoms with van der Waals surface area (Å²) < 4.78 is 59.1. The van der Waals surface area contributed by atoms with Crippen molar-refractivity contribution in [2.24, 2.45) is 0 Å². The van der Waals surface area contributed by atoms with Gasteiger partial charge in [-0.3, -0.25) is 9.35 Å². The van der Waals surface area contributed by atoms with Gasteiger partial charge in [-0.05, 0) is 38.5 Å². The van der Waals surface area contributed by atoms with Gasteiger partial charge in [-0.25, -0.2) is 4.18 Å². The van der Waals surface area contributed by atoms with Crippen LogP contribution < -0.4 is 0 Å². The molecule has 0 aromatic rings. The van der Waals surface area contributed by atoms with E-state index >= 15 is 0 Å². The Labute approximate surface area is 365 Å². The SMILES string of the molecule is CCC/C=C\C/C=C\CCCCCCCCOCC(COC1OC(CO)C(O)C(OS(=O)(=O)O)C1O)OC(=O)CCCCCCCCCCCCCCCCCCCCC. The third-order valence-electron chi connectivity index (χ3n) is 11.1. The van der Waals surface area contributed by atoms with Gasteiger partial charge in [0, 0.05) is 13.0 Å². The van der Waals surface area contributed by atoms with E-state index in [9.17, 15) is 28.5 Å². The van der Waals surface area contributed by atoms with Crippen LogP contribution in [0.1, 0.15) is 206 Å². The third-order valence-corrected chi connectivity index (χ3v) is 11.5. The van der Waals surface area contributed by atoms with Crippen molar-refractivity contribution in [1.29, 1.82) is 0 Å². The van der Waals surface area contributed by atoms with Crippen LogP contribution in [0.4, 0.5) is 0 Å². The first-order valence-electron chi connectivity index (χ1n) is 24.1. The largest absolute Gasteiger partial charge is 0.457 e. The monoisotopic (exact) mass is 877 g/mol. The predicted molar refractivity (Wildman–Crippen MR) is 239 cm³/mol. The normalized spacial score (nSPS) is 20.4. The number of carbonyl (C=O) groups excluding carboxylic acids is 1. The molecule has 1 saturated heterocycles. The molecule has 60 heavy (non-hydrogen) atoms. The second-order valence-corrected chi connectivity index (χ2v) is 17.8. The van der Waals surface area contributed by atoms with Crippen LogP contribution in [0.25, 0.3) is 0 Å². The molecule has 0 aromatic heterocycles. The molecule has 12 nitrogen and oxygen atoms in total. The van der Waals surface area contributed by atoms with Crippen molar-refractivity contribution in [2.75, 3.05) is 26.4 Å². The Morgan fingerprint density at radius 3 is 1.65 bits per heavy atom. The number of unbranched alkanes of at least 4 members (excludes halogenated alkanes) is 25. The van der Waals surface area contributed by atoms with Crippen LogP contribution in [-0.4, -0.2) is 97.5 Å². The van der Waals surface area contributed by atoms with Gasteiger partial charge in [-0.2, -0.15) is 8.42 Å². The predicted octanol–water partition coefficient (Wildman–Crippen LogP) is 10.4. The number of rotatable bonds is 42. The van der Waals surface area contributed by atoms with Crippen LogP contribution in [0.15, 0.2) is 24.3 Å². The fraction of sp³-hybridized carbons (Fsp3) is 0.894. The number of hydrogen-bond acceptors (Lipinski definition) is 11. The molecule has 0 aromatic carbocycles. The van der Waals surface area contributed by atoms with E-state index in [1.807, 2.05) is 0 Å². The fourth-order valence-corrected chi connectivity index (χ4v) is 7.93. The summed E-state index contributed by atoms with van der Waals surface area (Å²) in [4.78, 5) is 12.9. The quantitative estimate of drug-likeness (QED) is 0.0198. The average molecular weight is 877 g/mol. The summed E-state index contributed by atoms with van der Waals surface area (Å²) in [5, 5.41) is 30.7. The van der Waals surface area contributed by atoms with Crippen LogP contribution in [0.2, 0.25) is 0 Å². The van der Waals surface area contributed by atoms with Crippen LogP contribution in [0.5, 0.6) is 0 Å². The molecule has 1 rings (SSSR count). The highest BCUT2D eigenvalue weighted by atomic mass is 32.3. The van der Waals surface area contributed by atoms with Crippen molar-refractivity contribution in [3.63, 3.8) is 0 Å². The Balaban J connectivity index is 2.38. The van der Waals surface area contributed by atoms with Gasteiger partial charge in [-0.15, -0.1) is 0 Å². The van der Waals surface area contributed by atoms with Crippen LogP contribution in [-0.2, 0) is 38.3 Å². The lowest BCUT2D eigenvalue weighted by atomic mass is 9.99. The summed E-state index contributed by atoms with van der Waals surface area (Å²) in [6.07, 6.45) is 35.0. The van der Waals surface area contributed by atoms with Crippen molar-refractivity contribution in [2.45, 2.75) is 243 Å². The molecule has 1 aliphatic heterocycles. The molecule has 0 aliphatic carbocycles. The molecule has 13 heteroatoms. The molecule has 0 bridgehead atoms. The lowest BCUT2D eigenvalue weighted by Crippen LogP contribution is -2.60. The first-order chi connectivity index (χ1) is 29.1. The number of esters is 1. The van der Waals surface area contributed by atoms with E-state index in [1.54, 1.807) is 0 Å². The third kappa shape index (κ3) is 32.3. The van der Waals surface area contributed by atoms with E-state index in [2.05, 4.69) is 42.3 Å². The Morgan fingerprint density at radius 1 is 0.633 bits per heavy atom. The zero-order valence-electron chi connectivity index (χ0n) is 37.8. The Morgan fingerprint density at radius 2 is 1.13 bits per heavy atom. The lowest BCUT2D eigenvalue weighted by molar-refractivity contribution is -0.301. The molecular weight excluding hydrogens is 789 g/mol. The molecule has 0 spiro atoms. The number of aliphatic hydroxyl groups excluding tert-OH is 3. The second-order valence-electron chi connectivity index (χ2n) is 16.7. The lowest BCUT2D eigenvalue weighted by Gasteiger charge is -2.41. The van der Waals surface area contributed by atoms with Crippen molar-refractivity contribution < 1.29 is 56.2 Å². The summed E-state index contributed by atoms with van der Waals surface area (Å²) in [5.41, 5.74) is 0. The van der Waals surface area contributed by atoms with Gasteiger partial charge in [0.2, 0.25) is 0 Å². The highest BCUT2D eigenvalue weighted by Gasteiger charge is 2.48. The molecular formula is C47H88O12S. The van der Waals surface area contributed by atoms with Crippen molar-refractivity contribution in [3.8, 4) is 0 Å². The van der Waals surface area contributed by atoms with Gasteiger partial charge in [-0.1, -0.05) is 186 Å². The number of ether oxygens (including phenoxy) is 4. The standard InChI is InChI=1S/C47H88O12S/c1-3-5-7-9-11-13-15-17-19-20-21-22-23-24-26-28-30-32-34-36-43(49)57-41(39-55-37-35-33-31-29-27-25-18-16-14-12-10-8-6-4-2)40-56-47-45(51)46(59-60(52,53)54)44(50)42(38-48)58-47/h8,10,14,16,41-42,44-48,50-51H,3-7,9,11-13,15,17-40H2,1-2H3,(H,52,53,54)/b10-8-,16-14-. The summed E-state index contributed by atoms with van der Waals surface area (Å²) in [6.45, 7) is 3.93.